The molecule has 20 heavy (non-hydrogen) atoms. The number of rotatable bonds is 4. The zero-order valence-electron chi connectivity index (χ0n) is 10.4. The van der Waals surface area contributed by atoms with Gasteiger partial charge in [-0.25, -0.2) is 9.18 Å². The summed E-state index contributed by atoms with van der Waals surface area (Å²) in [6.45, 7) is -0.286. The van der Waals surface area contributed by atoms with Crippen LogP contribution in [0.1, 0.15) is 5.56 Å². The predicted molar refractivity (Wildman–Crippen MR) is 68.7 cm³/mol. The number of carbonyl (C=O) groups excluding carboxylic acids is 1. The molecule has 0 spiro atoms. The Morgan fingerprint density at radius 1 is 1.05 bits per heavy atom. The third-order valence-corrected chi connectivity index (χ3v) is 2.39. The maximum atomic E-state index is 12.7. The lowest BCUT2D eigenvalue weighted by Crippen LogP contribution is -2.17. The van der Waals surface area contributed by atoms with Crippen LogP contribution in [0.25, 0.3) is 0 Å². The van der Waals surface area contributed by atoms with Gasteiger partial charge in [0.15, 0.2) is 6.61 Å². The van der Waals surface area contributed by atoms with Crippen LogP contribution in [-0.4, -0.2) is 12.6 Å². The molecule has 2 aromatic rings. The summed E-state index contributed by atoms with van der Waals surface area (Å²) in [4.78, 5) is 11.5. The van der Waals surface area contributed by atoms with E-state index in [-0.39, 0.29) is 12.4 Å². The van der Waals surface area contributed by atoms with Gasteiger partial charge < -0.3 is 9.47 Å². The van der Waals surface area contributed by atoms with E-state index in [1.807, 2.05) is 6.07 Å². The second kappa shape index (κ2) is 6.34. The number of nitrogens with zero attached hydrogens (tertiary/aromatic N) is 1. The maximum absolute atomic E-state index is 12.7. The Morgan fingerprint density at radius 2 is 1.65 bits per heavy atom. The quantitative estimate of drug-likeness (QED) is 0.633. The number of carbonyl (C=O) groups is 1. The van der Waals surface area contributed by atoms with Crippen LogP contribution < -0.4 is 9.47 Å². The van der Waals surface area contributed by atoms with E-state index in [0.717, 1.165) is 0 Å². The molecular formula is C15H10FNO3. The van der Waals surface area contributed by atoms with Crippen LogP contribution in [0, 0.1) is 17.1 Å². The highest BCUT2D eigenvalue weighted by molar-refractivity contribution is 5.74. The molecule has 0 saturated carbocycles. The summed E-state index contributed by atoms with van der Waals surface area (Å²) in [5.41, 5.74) is 0.479. The van der Waals surface area contributed by atoms with Gasteiger partial charge in [-0.2, -0.15) is 5.26 Å². The normalized spacial score (nSPS) is 9.60. The number of esters is 1. The largest absolute Gasteiger partial charge is 0.482 e. The molecule has 0 heterocycles. The molecular weight excluding hydrogens is 261 g/mol. The Hall–Kier alpha value is -2.87. The fourth-order valence-electron chi connectivity index (χ4n) is 1.43. The summed E-state index contributed by atoms with van der Waals surface area (Å²) in [6, 6.07) is 13.4. The first-order chi connectivity index (χ1) is 9.67. The predicted octanol–water partition coefficient (Wildman–Crippen LogP) is 2.68. The van der Waals surface area contributed by atoms with Crippen molar-refractivity contribution >= 4 is 5.97 Å². The molecule has 0 aliphatic rings. The summed E-state index contributed by atoms with van der Waals surface area (Å²) in [5, 5.41) is 8.64. The molecule has 0 aromatic heterocycles. The van der Waals surface area contributed by atoms with E-state index in [1.54, 1.807) is 12.1 Å². The molecule has 0 amide bonds. The standard InChI is InChI=1S/C15H10FNO3/c16-12-3-7-13(8-4-12)19-10-15(18)20-14-5-1-11(9-17)2-6-14/h1-8H,10H2. The minimum Gasteiger partial charge on any atom is -0.482 e. The molecule has 0 fully saturated rings. The number of nitriles is 1. The van der Waals surface area contributed by atoms with E-state index in [0.29, 0.717) is 17.1 Å². The Balaban J connectivity index is 1.86. The zero-order chi connectivity index (χ0) is 14.4. The fourth-order valence-corrected chi connectivity index (χ4v) is 1.43. The zero-order valence-corrected chi connectivity index (χ0v) is 10.4. The van der Waals surface area contributed by atoms with Crippen molar-refractivity contribution in [3.63, 3.8) is 0 Å². The van der Waals surface area contributed by atoms with Crippen LogP contribution >= 0.6 is 0 Å². The number of halogens is 1. The van der Waals surface area contributed by atoms with Crippen molar-refractivity contribution in [2.24, 2.45) is 0 Å². The van der Waals surface area contributed by atoms with E-state index >= 15 is 0 Å². The fraction of sp³-hybridized carbons (Fsp3) is 0.0667. The molecule has 0 bridgehead atoms. The summed E-state index contributed by atoms with van der Waals surface area (Å²) >= 11 is 0. The number of benzene rings is 2. The van der Waals surface area contributed by atoms with Gasteiger partial charge in [-0.3, -0.25) is 0 Å². The van der Waals surface area contributed by atoms with Crippen LogP contribution in [0.4, 0.5) is 4.39 Å². The van der Waals surface area contributed by atoms with E-state index in [1.165, 1.54) is 36.4 Å². The minimum atomic E-state index is -0.584. The van der Waals surface area contributed by atoms with Gasteiger partial charge in [0, 0.05) is 0 Å². The van der Waals surface area contributed by atoms with E-state index in [4.69, 9.17) is 14.7 Å². The van der Waals surface area contributed by atoms with Crippen LogP contribution in [0.5, 0.6) is 11.5 Å². The minimum absolute atomic E-state index is 0.286. The Morgan fingerprint density at radius 3 is 2.25 bits per heavy atom. The highest BCUT2D eigenvalue weighted by atomic mass is 19.1. The molecule has 0 saturated heterocycles. The van der Waals surface area contributed by atoms with Gasteiger partial charge in [0.1, 0.15) is 17.3 Å². The lowest BCUT2D eigenvalue weighted by atomic mass is 10.2. The molecule has 0 aliphatic heterocycles. The Labute approximate surface area is 115 Å². The third-order valence-electron chi connectivity index (χ3n) is 2.39. The topological polar surface area (TPSA) is 59.3 Å². The van der Waals surface area contributed by atoms with Gasteiger partial charge in [0.05, 0.1) is 11.6 Å². The molecule has 2 rings (SSSR count). The maximum Gasteiger partial charge on any atom is 0.349 e. The lowest BCUT2D eigenvalue weighted by Gasteiger charge is -2.06. The molecule has 0 radical (unpaired) electrons. The average molecular weight is 271 g/mol. The molecule has 0 aliphatic carbocycles. The average Bonchev–Trinajstić information content (AvgIpc) is 2.47. The van der Waals surface area contributed by atoms with Crippen molar-refractivity contribution in [1.29, 1.82) is 5.26 Å². The number of hydrogen-bond donors (Lipinski definition) is 0. The Bertz CT molecular complexity index is 630. The first-order valence-electron chi connectivity index (χ1n) is 5.76. The van der Waals surface area contributed by atoms with Crippen LogP contribution in [0.2, 0.25) is 0 Å². The molecule has 2 aromatic carbocycles. The second-order valence-electron chi connectivity index (χ2n) is 3.85. The van der Waals surface area contributed by atoms with Crippen LogP contribution in [0.3, 0.4) is 0 Å². The molecule has 0 unspecified atom stereocenters. The van der Waals surface area contributed by atoms with Gasteiger partial charge in [-0.1, -0.05) is 0 Å². The van der Waals surface area contributed by atoms with Gasteiger partial charge in [0.25, 0.3) is 0 Å². The molecule has 4 nitrogen and oxygen atoms in total. The highest BCUT2D eigenvalue weighted by Crippen LogP contribution is 2.13. The number of ether oxygens (including phenoxy) is 2. The van der Waals surface area contributed by atoms with Crippen LogP contribution in [-0.2, 0) is 4.79 Å². The van der Waals surface area contributed by atoms with Gasteiger partial charge in [-0.05, 0) is 48.5 Å². The SMILES string of the molecule is N#Cc1ccc(OC(=O)COc2ccc(F)cc2)cc1. The van der Waals surface area contributed by atoms with E-state index < -0.39 is 5.97 Å². The molecule has 0 N–H and O–H groups in total. The van der Waals surface area contributed by atoms with Crippen molar-refractivity contribution in [3.8, 4) is 17.6 Å². The monoisotopic (exact) mass is 271 g/mol. The third kappa shape index (κ3) is 3.82. The van der Waals surface area contributed by atoms with E-state index in [2.05, 4.69) is 0 Å². The van der Waals surface area contributed by atoms with Gasteiger partial charge in [-0.15, -0.1) is 0 Å². The van der Waals surface area contributed by atoms with E-state index in [9.17, 15) is 9.18 Å². The smallest absolute Gasteiger partial charge is 0.349 e. The Kier molecular flexibility index (Phi) is 4.30. The van der Waals surface area contributed by atoms with Crippen molar-refractivity contribution in [2.45, 2.75) is 0 Å². The second-order valence-corrected chi connectivity index (χ2v) is 3.85. The van der Waals surface area contributed by atoms with Gasteiger partial charge >= 0.3 is 5.97 Å². The lowest BCUT2D eigenvalue weighted by molar-refractivity contribution is -0.136. The first kappa shape index (κ1) is 13.6. The summed E-state index contributed by atoms with van der Waals surface area (Å²) in [6.07, 6.45) is 0. The highest BCUT2D eigenvalue weighted by Gasteiger charge is 2.06. The van der Waals surface area contributed by atoms with Gasteiger partial charge in [0.2, 0.25) is 0 Å². The van der Waals surface area contributed by atoms with Crippen molar-refractivity contribution in [1.82, 2.24) is 0 Å². The first-order valence-corrected chi connectivity index (χ1v) is 5.76. The molecule has 100 valence electrons. The summed E-state index contributed by atoms with van der Waals surface area (Å²) in [7, 11) is 0. The number of hydrogen-bond acceptors (Lipinski definition) is 4. The molecule has 5 heteroatoms. The molecule has 0 atom stereocenters. The summed E-state index contributed by atoms with van der Waals surface area (Å²) < 4.78 is 22.8. The summed E-state index contributed by atoms with van der Waals surface area (Å²) in [5.74, 6) is -0.253. The van der Waals surface area contributed by atoms with Crippen molar-refractivity contribution in [3.05, 3.63) is 59.9 Å². The van der Waals surface area contributed by atoms with Crippen LogP contribution in [0.15, 0.2) is 48.5 Å². The van der Waals surface area contributed by atoms with Crippen molar-refractivity contribution < 1.29 is 18.7 Å². The van der Waals surface area contributed by atoms with Crippen molar-refractivity contribution in [2.75, 3.05) is 6.61 Å².